The first-order valence-corrected chi connectivity index (χ1v) is 11.6. The van der Waals surface area contributed by atoms with E-state index in [1.807, 2.05) is 6.20 Å². The number of fused-ring (bicyclic) bond motifs is 5. The lowest BCUT2D eigenvalue weighted by molar-refractivity contribution is -0.150. The number of aromatic nitrogens is 2. The predicted molar refractivity (Wildman–Crippen MR) is 107 cm³/mol. The lowest BCUT2D eigenvalue weighted by Gasteiger charge is -2.57. The lowest BCUT2D eigenvalue weighted by Crippen LogP contribution is -2.55. The largest absolute Gasteiger partial charge is 0.298 e. The van der Waals surface area contributed by atoms with Gasteiger partial charge >= 0.3 is 0 Å². The topological polar surface area (TPSA) is 34.9 Å². The zero-order chi connectivity index (χ0) is 20.3. The summed E-state index contributed by atoms with van der Waals surface area (Å²) in [5.41, 5.74) is 1.56. The molecule has 2 atom stereocenters. The van der Waals surface area contributed by atoms with Crippen molar-refractivity contribution in [2.75, 3.05) is 0 Å². The number of rotatable bonds is 3. The number of hydrogen-bond acceptors (Lipinski definition) is 2. The van der Waals surface area contributed by atoms with Gasteiger partial charge in [-0.2, -0.15) is 5.10 Å². The second kappa shape index (κ2) is 5.60. The van der Waals surface area contributed by atoms with Crippen LogP contribution in [0.25, 0.3) is 5.69 Å². The highest BCUT2D eigenvalue weighted by Crippen LogP contribution is 2.66. The van der Waals surface area contributed by atoms with Gasteiger partial charge in [0.15, 0.2) is 11.6 Å². The molecule has 6 bridgehead atoms. The van der Waals surface area contributed by atoms with Gasteiger partial charge in [-0.15, -0.1) is 0 Å². The van der Waals surface area contributed by atoms with Gasteiger partial charge in [-0.1, -0.05) is 0 Å². The first-order valence-electron chi connectivity index (χ1n) is 11.6. The minimum Gasteiger partial charge on any atom is -0.298 e. The molecular formula is C25H26F2N2O. The molecule has 6 aliphatic carbocycles. The number of carbonyl (C=O) groups excluding carboxylic acids is 1. The van der Waals surface area contributed by atoms with E-state index in [-0.39, 0.29) is 11.1 Å². The van der Waals surface area contributed by atoms with Crippen molar-refractivity contribution in [2.24, 2.45) is 23.2 Å². The maximum Gasteiger partial charge on any atom is 0.151 e. The van der Waals surface area contributed by atoms with Crippen LogP contribution in [0.1, 0.15) is 75.0 Å². The lowest BCUT2D eigenvalue weighted by atomic mass is 9.46. The second-order valence-corrected chi connectivity index (χ2v) is 11.0. The number of halogens is 2. The average Bonchev–Trinajstić information content (AvgIpc) is 3.39. The standard InChI is InChI=1S/C25H26F2N2O/c26-18-1-2-21(20(27)8-18)29-22-19(13-28-29)17-3-4-25(22,12-17)23(30)24-9-14-5-15(10-24)7-16(6-14)11-24/h1-2,8,13-17H,3-7,9-12H2. The number of ketones is 1. The summed E-state index contributed by atoms with van der Waals surface area (Å²) in [5.74, 6) is 1.70. The van der Waals surface area contributed by atoms with Crippen LogP contribution in [-0.2, 0) is 10.2 Å². The van der Waals surface area contributed by atoms with Crippen molar-refractivity contribution in [1.82, 2.24) is 9.78 Å². The van der Waals surface area contributed by atoms with Crippen molar-refractivity contribution in [3.05, 3.63) is 47.3 Å². The van der Waals surface area contributed by atoms with Crippen LogP contribution in [0.5, 0.6) is 0 Å². The Morgan fingerprint density at radius 2 is 1.73 bits per heavy atom. The molecule has 5 saturated carbocycles. The minimum atomic E-state index is -0.624. The van der Waals surface area contributed by atoms with Crippen molar-refractivity contribution in [3.63, 3.8) is 0 Å². The number of Topliss-reactive ketones (excluding diaryl/α,β-unsaturated/α-hetero) is 1. The van der Waals surface area contributed by atoms with Gasteiger partial charge in [0.25, 0.3) is 0 Å². The summed E-state index contributed by atoms with van der Waals surface area (Å²) < 4.78 is 29.8. The number of hydrogen-bond donors (Lipinski definition) is 0. The third-order valence-corrected chi connectivity index (χ3v) is 9.30. The highest BCUT2D eigenvalue weighted by molar-refractivity contribution is 5.97. The smallest absolute Gasteiger partial charge is 0.151 e. The molecule has 2 aromatic rings. The molecule has 0 aliphatic heterocycles. The quantitative estimate of drug-likeness (QED) is 0.676. The Morgan fingerprint density at radius 1 is 1.03 bits per heavy atom. The molecule has 6 aliphatic rings. The molecule has 1 aromatic heterocycles. The number of nitrogens with zero attached hydrogens (tertiary/aromatic N) is 2. The first-order chi connectivity index (χ1) is 14.5. The van der Waals surface area contributed by atoms with Crippen molar-refractivity contribution in [3.8, 4) is 5.69 Å². The fourth-order valence-corrected chi connectivity index (χ4v) is 8.71. The van der Waals surface area contributed by atoms with Gasteiger partial charge in [-0.3, -0.25) is 4.79 Å². The highest BCUT2D eigenvalue weighted by Gasteiger charge is 2.64. The molecule has 5 fully saturated rings. The normalized spacial score (nSPS) is 40.2. The minimum absolute atomic E-state index is 0.179. The van der Waals surface area contributed by atoms with Crippen LogP contribution in [-0.4, -0.2) is 15.6 Å². The Hall–Kier alpha value is -2.04. The summed E-state index contributed by atoms with van der Waals surface area (Å²) >= 11 is 0. The van der Waals surface area contributed by atoms with Gasteiger partial charge in [0.2, 0.25) is 0 Å². The maximum atomic E-state index is 14.7. The maximum absolute atomic E-state index is 14.7. The van der Waals surface area contributed by atoms with Crippen LogP contribution in [0.15, 0.2) is 24.4 Å². The molecule has 156 valence electrons. The Balaban J connectivity index is 1.36. The van der Waals surface area contributed by atoms with Crippen LogP contribution < -0.4 is 0 Å². The molecule has 0 amide bonds. The summed E-state index contributed by atoms with van der Waals surface area (Å²) in [5, 5.41) is 4.52. The van der Waals surface area contributed by atoms with Crippen molar-refractivity contribution < 1.29 is 13.6 Å². The summed E-state index contributed by atoms with van der Waals surface area (Å²) in [6.07, 6.45) is 11.6. The van der Waals surface area contributed by atoms with E-state index in [1.54, 1.807) is 4.68 Å². The van der Waals surface area contributed by atoms with E-state index in [0.29, 0.717) is 29.5 Å². The Bertz CT molecular complexity index is 1050. The monoisotopic (exact) mass is 408 g/mol. The van der Waals surface area contributed by atoms with Gasteiger partial charge < -0.3 is 0 Å². The number of carbonyl (C=O) groups is 1. The third kappa shape index (κ3) is 2.09. The van der Waals surface area contributed by atoms with Gasteiger partial charge in [0.1, 0.15) is 11.5 Å². The molecule has 3 nitrogen and oxygen atoms in total. The molecule has 5 heteroatoms. The van der Waals surface area contributed by atoms with Crippen molar-refractivity contribution in [1.29, 1.82) is 0 Å². The van der Waals surface area contributed by atoms with Crippen LogP contribution in [0.3, 0.4) is 0 Å². The predicted octanol–water partition coefficient (Wildman–Crippen LogP) is 5.45. The third-order valence-electron chi connectivity index (χ3n) is 9.30. The molecule has 30 heavy (non-hydrogen) atoms. The summed E-state index contributed by atoms with van der Waals surface area (Å²) in [6, 6.07) is 3.63. The van der Waals surface area contributed by atoms with Crippen molar-refractivity contribution >= 4 is 5.78 Å². The molecule has 1 aromatic carbocycles. The van der Waals surface area contributed by atoms with Gasteiger partial charge in [-0.25, -0.2) is 13.5 Å². The molecule has 0 saturated heterocycles. The van der Waals surface area contributed by atoms with Crippen molar-refractivity contribution in [2.45, 2.75) is 69.1 Å². The summed E-state index contributed by atoms with van der Waals surface area (Å²) in [4.78, 5) is 14.5. The Kier molecular flexibility index (Phi) is 3.29. The second-order valence-electron chi connectivity index (χ2n) is 11.0. The zero-order valence-corrected chi connectivity index (χ0v) is 17.0. The fourth-order valence-electron chi connectivity index (χ4n) is 8.71. The molecule has 1 heterocycles. The SMILES string of the molecule is O=C(C12CC3CC(CC(C3)C1)C2)C12CCC(C1)c1cnn(-c3ccc(F)cc3F)c12. The van der Waals surface area contributed by atoms with Gasteiger partial charge in [0.05, 0.1) is 17.3 Å². The van der Waals surface area contributed by atoms with Gasteiger partial charge in [-0.05, 0) is 99.2 Å². The zero-order valence-electron chi connectivity index (χ0n) is 17.0. The van der Waals surface area contributed by atoms with E-state index in [9.17, 15) is 13.6 Å². The van der Waals surface area contributed by atoms with E-state index in [0.717, 1.165) is 55.8 Å². The first kappa shape index (κ1) is 17.6. The van der Waals surface area contributed by atoms with Gasteiger partial charge in [0, 0.05) is 11.5 Å². The molecule has 0 N–H and O–H groups in total. The van der Waals surface area contributed by atoms with E-state index >= 15 is 0 Å². The fraction of sp³-hybridized carbons (Fsp3) is 0.600. The Morgan fingerprint density at radius 3 is 2.40 bits per heavy atom. The van der Waals surface area contributed by atoms with Crippen LogP contribution >= 0.6 is 0 Å². The molecular weight excluding hydrogens is 382 g/mol. The summed E-state index contributed by atoms with van der Waals surface area (Å²) in [6.45, 7) is 0. The number of benzene rings is 1. The highest BCUT2D eigenvalue weighted by atomic mass is 19.1. The van der Waals surface area contributed by atoms with E-state index in [1.165, 1.54) is 31.4 Å². The van der Waals surface area contributed by atoms with E-state index in [4.69, 9.17) is 0 Å². The van der Waals surface area contributed by atoms with Crippen LogP contribution in [0, 0.1) is 34.8 Å². The Labute approximate surface area is 174 Å². The molecule has 0 radical (unpaired) electrons. The van der Waals surface area contributed by atoms with E-state index < -0.39 is 17.0 Å². The molecule has 0 spiro atoms. The van der Waals surface area contributed by atoms with E-state index in [2.05, 4.69) is 5.10 Å². The molecule has 2 unspecified atom stereocenters. The van der Waals surface area contributed by atoms with Crippen LogP contribution in [0.4, 0.5) is 8.78 Å². The molecule has 8 rings (SSSR count). The summed E-state index contributed by atoms with van der Waals surface area (Å²) in [7, 11) is 0. The van der Waals surface area contributed by atoms with Crippen LogP contribution in [0.2, 0.25) is 0 Å². The average molecular weight is 408 g/mol.